The maximum absolute atomic E-state index is 12.8. The van der Waals surface area contributed by atoms with E-state index in [1.54, 1.807) is 0 Å². The van der Waals surface area contributed by atoms with Gasteiger partial charge in [0.15, 0.2) is 6.17 Å². The van der Waals surface area contributed by atoms with E-state index >= 15 is 0 Å². The quantitative estimate of drug-likeness (QED) is 0.536. The third-order valence-electron chi connectivity index (χ3n) is 1.96. The largest absolute Gasteiger partial charge is 0.317 e. The van der Waals surface area contributed by atoms with Crippen LogP contribution in [0.3, 0.4) is 0 Å². The van der Waals surface area contributed by atoms with Crippen LogP contribution < -0.4 is 5.32 Å². The third kappa shape index (κ3) is 1.71. The van der Waals surface area contributed by atoms with Crippen LogP contribution in [0.4, 0.5) is 4.39 Å². The molecular formula is C8H12FN. The molecular weight excluding hydrogens is 129 g/mol. The van der Waals surface area contributed by atoms with Crippen molar-refractivity contribution < 1.29 is 4.39 Å². The highest BCUT2D eigenvalue weighted by atomic mass is 19.1. The van der Waals surface area contributed by atoms with Crippen molar-refractivity contribution in [3.05, 3.63) is 0 Å². The van der Waals surface area contributed by atoms with Gasteiger partial charge >= 0.3 is 0 Å². The van der Waals surface area contributed by atoms with Crippen LogP contribution >= 0.6 is 0 Å². The average molecular weight is 141 g/mol. The number of halogens is 1. The number of hydrogen-bond acceptors (Lipinski definition) is 1. The van der Waals surface area contributed by atoms with Gasteiger partial charge in [0.2, 0.25) is 0 Å². The minimum atomic E-state index is -1.03. The van der Waals surface area contributed by atoms with E-state index in [2.05, 4.69) is 11.2 Å². The Kier molecular flexibility index (Phi) is 2.70. The predicted molar refractivity (Wildman–Crippen MR) is 39.3 cm³/mol. The van der Waals surface area contributed by atoms with E-state index in [4.69, 9.17) is 6.42 Å². The maximum Gasteiger partial charge on any atom is 0.163 e. The van der Waals surface area contributed by atoms with Crippen LogP contribution in [0, 0.1) is 18.3 Å². The standard InChI is InChI=1S/C8H12FN/c1-2-8(9)7-3-5-10-6-4-7/h1,7-8,10H,3-6H2. The second kappa shape index (κ2) is 3.58. The Morgan fingerprint density at radius 3 is 2.60 bits per heavy atom. The number of nitrogens with one attached hydrogen (secondary N) is 1. The van der Waals surface area contributed by atoms with Gasteiger partial charge in [0, 0.05) is 5.92 Å². The highest BCUT2D eigenvalue weighted by Gasteiger charge is 2.20. The smallest absolute Gasteiger partial charge is 0.163 e. The van der Waals surface area contributed by atoms with Gasteiger partial charge in [0.1, 0.15) is 0 Å². The Labute approximate surface area is 61.0 Å². The van der Waals surface area contributed by atoms with E-state index in [1.807, 2.05) is 0 Å². The molecule has 0 radical (unpaired) electrons. The van der Waals surface area contributed by atoms with Crippen LogP contribution in [0.15, 0.2) is 0 Å². The number of alkyl halides is 1. The Hall–Kier alpha value is -0.550. The summed E-state index contributed by atoms with van der Waals surface area (Å²) < 4.78 is 12.8. The van der Waals surface area contributed by atoms with E-state index in [9.17, 15) is 4.39 Å². The second-order valence-electron chi connectivity index (χ2n) is 2.66. The summed E-state index contributed by atoms with van der Waals surface area (Å²) in [5.41, 5.74) is 0. The Morgan fingerprint density at radius 1 is 1.50 bits per heavy atom. The molecule has 1 N–H and O–H groups in total. The fourth-order valence-corrected chi connectivity index (χ4v) is 1.27. The van der Waals surface area contributed by atoms with Crippen LogP contribution in [0.5, 0.6) is 0 Å². The van der Waals surface area contributed by atoms with E-state index in [0.29, 0.717) is 0 Å². The first-order valence-electron chi connectivity index (χ1n) is 3.65. The van der Waals surface area contributed by atoms with Gasteiger partial charge in [-0.05, 0) is 25.9 Å². The minimum Gasteiger partial charge on any atom is -0.317 e. The molecule has 0 aromatic heterocycles. The van der Waals surface area contributed by atoms with E-state index in [-0.39, 0.29) is 5.92 Å². The average Bonchev–Trinajstić information content (AvgIpc) is 2.05. The molecule has 1 rings (SSSR count). The predicted octanol–water partition coefficient (Wildman–Crippen LogP) is 0.957. The van der Waals surface area contributed by atoms with Crippen molar-refractivity contribution in [3.63, 3.8) is 0 Å². The molecule has 1 aliphatic rings. The molecule has 1 fully saturated rings. The van der Waals surface area contributed by atoms with Crippen molar-refractivity contribution in [2.75, 3.05) is 13.1 Å². The number of rotatable bonds is 1. The van der Waals surface area contributed by atoms with Crippen molar-refractivity contribution in [2.45, 2.75) is 19.0 Å². The van der Waals surface area contributed by atoms with Crippen LogP contribution in [-0.4, -0.2) is 19.3 Å². The van der Waals surface area contributed by atoms with Crippen LogP contribution in [0.25, 0.3) is 0 Å². The van der Waals surface area contributed by atoms with Gasteiger partial charge in [-0.1, -0.05) is 5.92 Å². The molecule has 0 bridgehead atoms. The van der Waals surface area contributed by atoms with Crippen LogP contribution in [0.1, 0.15) is 12.8 Å². The zero-order valence-electron chi connectivity index (χ0n) is 5.94. The Morgan fingerprint density at radius 2 is 2.10 bits per heavy atom. The minimum absolute atomic E-state index is 0.103. The topological polar surface area (TPSA) is 12.0 Å². The van der Waals surface area contributed by atoms with Gasteiger partial charge in [-0.3, -0.25) is 0 Å². The molecule has 1 heterocycles. The first-order chi connectivity index (χ1) is 4.84. The molecule has 0 spiro atoms. The molecule has 0 aromatic rings. The summed E-state index contributed by atoms with van der Waals surface area (Å²) in [4.78, 5) is 0. The number of hydrogen-bond donors (Lipinski definition) is 1. The van der Waals surface area contributed by atoms with Crippen molar-refractivity contribution in [2.24, 2.45) is 5.92 Å². The SMILES string of the molecule is C#CC(F)C1CCNCC1. The third-order valence-corrected chi connectivity index (χ3v) is 1.96. The lowest BCUT2D eigenvalue weighted by molar-refractivity contribution is 0.238. The zero-order chi connectivity index (χ0) is 7.40. The molecule has 2 heteroatoms. The Bertz CT molecular complexity index is 133. The van der Waals surface area contributed by atoms with Crippen LogP contribution in [-0.2, 0) is 0 Å². The highest BCUT2D eigenvalue weighted by Crippen LogP contribution is 2.17. The summed E-state index contributed by atoms with van der Waals surface area (Å²) in [6, 6.07) is 0. The molecule has 1 aliphatic heterocycles. The number of piperidine rings is 1. The van der Waals surface area contributed by atoms with Gasteiger partial charge < -0.3 is 5.32 Å². The Balaban J connectivity index is 2.33. The molecule has 56 valence electrons. The fourth-order valence-electron chi connectivity index (χ4n) is 1.27. The lowest BCUT2D eigenvalue weighted by Gasteiger charge is -2.22. The summed E-state index contributed by atoms with van der Waals surface area (Å²) in [5, 5.41) is 3.16. The highest BCUT2D eigenvalue weighted by molar-refractivity contribution is 4.98. The first kappa shape index (κ1) is 7.56. The van der Waals surface area contributed by atoms with Crippen molar-refractivity contribution in [3.8, 4) is 12.3 Å². The van der Waals surface area contributed by atoms with Gasteiger partial charge in [0.05, 0.1) is 0 Å². The molecule has 1 atom stereocenters. The summed E-state index contributed by atoms with van der Waals surface area (Å²) in [6.07, 6.45) is 5.69. The molecule has 0 amide bonds. The van der Waals surface area contributed by atoms with Crippen molar-refractivity contribution >= 4 is 0 Å². The van der Waals surface area contributed by atoms with Gasteiger partial charge in [-0.15, -0.1) is 6.42 Å². The molecule has 1 nitrogen and oxygen atoms in total. The van der Waals surface area contributed by atoms with Gasteiger partial charge in [0.25, 0.3) is 0 Å². The molecule has 0 saturated carbocycles. The summed E-state index contributed by atoms with van der Waals surface area (Å²) in [6.45, 7) is 1.82. The second-order valence-corrected chi connectivity index (χ2v) is 2.66. The molecule has 10 heavy (non-hydrogen) atoms. The van der Waals surface area contributed by atoms with Crippen LogP contribution in [0.2, 0.25) is 0 Å². The fraction of sp³-hybridized carbons (Fsp3) is 0.750. The zero-order valence-corrected chi connectivity index (χ0v) is 5.94. The van der Waals surface area contributed by atoms with E-state index in [0.717, 1.165) is 25.9 Å². The molecule has 1 unspecified atom stereocenters. The summed E-state index contributed by atoms with van der Waals surface area (Å²) in [5.74, 6) is 2.24. The van der Waals surface area contributed by atoms with Gasteiger partial charge in [-0.25, -0.2) is 4.39 Å². The lowest BCUT2D eigenvalue weighted by Crippen LogP contribution is -2.31. The van der Waals surface area contributed by atoms with Gasteiger partial charge in [-0.2, -0.15) is 0 Å². The first-order valence-corrected chi connectivity index (χ1v) is 3.65. The monoisotopic (exact) mass is 141 g/mol. The molecule has 0 aromatic carbocycles. The van der Waals surface area contributed by atoms with Crippen molar-refractivity contribution in [1.29, 1.82) is 0 Å². The van der Waals surface area contributed by atoms with E-state index < -0.39 is 6.17 Å². The number of terminal acetylenes is 1. The molecule has 0 aliphatic carbocycles. The summed E-state index contributed by atoms with van der Waals surface area (Å²) in [7, 11) is 0. The lowest BCUT2D eigenvalue weighted by atomic mass is 9.94. The van der Waals surface area contributed by atoms with E-state index in [1.165, 1.54) is 0 Å². The maximum atomic E-state index is 12.8. The summed E-state index contributed by atoms with van der Waals surface area (Å²) >= 11 is 0. The van der Waals surface area contributed by atoms with Crippen molar-refractivity contribution in [1.82, 2.24) is 5.32 Å². The normalized spacial score (nSPS) is 23.6. The molecule has 1 saturated heterocycles.